The Balaban J connectivity index is 1.56. The maximum absolute atomic E-state index is 12.6. The van der Waals surface area contributed by atoms with Crippen molar-refractivity contribution in [3.63, 3.8) is 0 Å². The molecular weight excluding hydrogens is 324 g/mol. The van der Waals surface area contributed by atoms with Crippen LogP contribution in [0.4, 0.5) is 11.5 Å². The molecule has 0 radical (unpaired) electrons. The molecule has 1 saturated heterocycles. The highest BCUT2D eigenvalue weighted by Crippen LogP contribution is 2.34. The van der Waals surface area contributed by atoms with Gasteiger partial charge in [0.1, 0.15) is 17.3 Å². The lowest BCUT2D eigenvalue weighted by atomic mass is 10.2. The Bertz CT molecular complexity index is 805. The first-order valence-electron chi connectivity index (χ1n) is 8.08. The van der Waals surface area contributed by atoms with Crippen molar-refractivity contribution in [2.24, 2.45) is 0 Å². The van der Waals surface area contributed by atoms with E-state index in [1.807, 2.05) is 18.2 Å². The van der Waals surface area contributed by atoms with E-state index in [-0.39, 0.29) is 12.7 Å². The first-order valence-corrected chi connectivity index (χ1v) is 8.08. The van der Waals surface area contributed by atoms with Gasteiger partial charge in [-0.3, -0.25) is 4.79 Å². The van der Waals surface area contributed by atoms with Crippen LogP contribution in [0, 0.1) is 6.92 Å². The van der Waals surface area contributed by atoms with E-state index in [9.17, 15) is 4.79 Å². The summed E-state index contributed by atoms with van der Waals surface area (Å²) in [5.41, 5.74) is 1.17. The predicted molar refractivity (Wildman–Crippen MR) is 89.3 cm³/mol. The minimum atomic E-state index is -0.109. The molecule has 1 amide bonds. The zero-order valence-electron chi connectivity index (χ0n) is 13.8. The van der Waals surface area contributed by atoms with Gasteiger partial charge in [0.2, 0.25) is 6.79 Å². The number of anilines is 2. The van der Waals surface area contributed by atoms with Crippen LogP contribution in [0.5, 0.6) is 11.5 Å². The van der Waals surface area contributed by atoms with Gasteiger partial charge in [-0.05, 0) is 19.1 Å². The summed E-state index contributed by atoms with van der Waals surface area (Å²) < 4.78 is 16.0. The monoisotopic (exact) mass is 342 g/mol. The van der Waals surface area contributed by atoms with Crippen molar-refractivity contribution in [3.05, 3.63) is 35.8 Å². The van der Waals surface area contributed by atoms with Gasteiger partial charge in [0.05, 0.1) is 13.2 Å². The molecule has 0 unspecified atom stereocenters. The largest absolute Gasteiger partial charge is 0.454 e. The zero-order valence-corrected chi connectivity index (χ0v) is 13.8. The van der Waals surface area contributed by atoms with Crippen molar-refractivity contribution in [3.8, 4) is 11.5 Å². The molecule has 2 aliphatic rings. The zero-order chi connectivity index (χ0) is 17.2. The van der Waals surface area contributed by atoms with E-state index in [4.69, 9.17) is 14.2 Å². The van der Waals surface area contributed by atoms with Crippen molar-refractivity contribution in [1.82, 2.24) is 14.9 Å². The highest BCUT2D eigenvalue weighted by molar-refractivity contribution is 5.93. The summed E-state index contributed by atoms with van der Waals surface area (Å²) >= 11 is 0. The lowest BCUT2D eigenvalue weighted by Gasteiger charge is -2.26. The van der Waals surface area contributed by atoms with Crippen LogP contribution >= 0.6 is 0 Å². The minimum absolute atomic E-state index is 0.109. The number of aryl methyl sites for hydroxylation is 1. The number of nitrogens with zero attached hydrogens (tertiary/aromatic N) is 3. The van der Waals surface area contributed by atoms with Crippen LogP contribution in [0.2, 0.25) is 0 Å². The predicted octanol–water partition coefficient (Wildman–Crippen LogP) is 1.73. The maximum Gasteiger partial charge on any atom is 0.272 e. The first-order chi connectivity index (χ1) is 12.2. The van der Waals surface area contributed by atoms with E-state index < -0.39 is 0 Å². The fourth-order valence-corrected chi connectivity index (χ4v) is 2.79. The summed E-state index contributed by atoms with van der Waals surface area (Å²) in [6.07, 6.45) is 0. The first kappa shape index (κ1) is 15.6. The highest BCUT2D eigenvalue weighted by Gasteiger charge is 2.21. The highest BCUT2D eigenvalue weighted by atomic mass is 16.7. The fraction of sp³-hybridized carbons (Fsp3) is 0.353. The van der Waals surface area contributed by atoms with Crippen molar-refractivity contribution in [2.45, 2.75) is 6.92 Å². The smallest absolute Gasteiger partial charge is 0.272 e. The second kappa shape index (κ2) is 6.56. The lowest BCUT2D eigenvalue weighted by Crippen LogP contribution is -2.41. The number of morpholine rings is 1. The number of rotatable bonds is 3. The molecule has 8 nitrogen and oxygen atoms in total. The Hall–Kier alpha value is -2.87. The van der Waals surface area contributed by atoms with Gasteiger partial charge in [-0.25, -0.2) is 9.97 Å². The molecule has 25 heavy (non-hydrogen) atoms. The van der Waals surface area contributed by atoms with Crippen LogP contribution < -0.4 is 14.8 Å². The SMILES string of the molecule is Cc1nc(Nc2ccc3c(c2)OCO3)cc(C(=O)N2CCOCC2)n1. The number of carbonyl (C=O) groups is 1. The van der Waals surface area contributed by atoms with Crippen molar-refractivity contribution in [1.29, 1.82) is 0 Å². The quantitative estimate of drug-likeness (QED) is 0.909. The van der Waals surface area contributed by atoms with Crippen LogP contribution in [0.3, 0.4) is 0 Å². The topological polar surface area (TPSA) is 85.8 Å². The third-order valence-electron chi connectivity index (χ3n) is 4.00. The molecule has 2 aromatic rings. The molecule has 8 heteroatoms. The molecule has 4 rings (SSSR count). The normalized spacial score (nSPS) is 16.0. The molecule has 1 aromatic heterocycles. The summed E-state index contributed by atoms with van der Waals surface area (Å²) in [6.45, 7) is 4.25. The number of ether oxygens (including phenoxy) is 3. The average Bonchev–Trinajstić information content (AvgIpc) is 3.09. The van der Waals surface area contributed by atoms with E-state index in [0.29, 0.717) is 55.1 Å². The van der Waals surface area contributed by atoms with Gasteiger partial charge in [-0.15, -0.1) is 0 Å². The van der Waals surface area contributed by atoms with Gasteiger partial charge in [0.25, 0.3) is 5.91 Å². The Morgan fingerprint density at radius 2 is 1.92 bits per heavy atom. The molecule has 0 saturated carbocycles. The van der Waals surface area contributed by atoms with Crippen molar-refractivity contribution in [2.75, 3.05) is 38.4 Å². The molecule has 130 valence electrons. The molecule has 1 aromatic carbocycles. The third-order valence-corrected chi connectivity index (χ3v) is 4.00. The minimum Gasteiger partial charge on any atom is -0.454 e. The van der Waals surface area contributed by atoms with Gasteiger partial charge in [-0.1, -0.05) is 0 Å². The summed E-state index contributed by atoms with van der Waals surface area (Å²) in [5.74, 6) is 2.38. The summed E-state index contributed by atoms with van der Waals surface area (Å²) in [5, 5.41) is 3.19. The lowest BCUT2D eigenvalue weighted by molar-refractivity contribution is 0.0299. The van der Waals surface area contributed by atoms with Crippen LogP contribution in [0.1, 0.15) is 16.3 Å². The number of aromatic nitrogens is 2. The molecule has 1 fully saturated rings. The second-order valence-corrected chi connectivity index (χ2v) is 5.78. The Labute approximate surface area is 144 Å². The summed E-state index contributed by atoms with van der Waals surface area (Å²) in [4.78, 5) is 23.0. The summed E-state index contributed by atoms with van der Waals surface area (Å²) in [6, 6.07) is 7.20. The van der Waals surface area contributed by atoms with Crippen LogP contribution in [0.15, 0.2) is 24.3 Å². The van der Waals surface area contributed by atoms with Gasteiger partial charge in [0.15, 0.2) is 11.5 Å². The van der Waals surface area contributed by atoms with Crippen molar-refractivity contribution < 1.29 is 19.0 Å². The Kier molecular flexibility index (Phi) is 4.10. The van der Waals surface area contributed by atoms with E-state index in [1.54, 1.807) is 17.9 Å². The second-order valence-electron chi connectivity index (χ2n) is 5.78. The third kappa shape index (κ3) is 3.34. The molecule has 0 spiro atoms. The fourth-order valence-electron chi connectivity index (χ4n) is 2.79. The van der Waals surface area contributed by atoms with Gasteiger partial charge < -0.3 is 24.4 Å². The number of carbonyl (C=O) groups excluding carboxylic acids is 1. The molecule has 0 bridgehead atoms. The van der Waals surface area contributed by atoms with E-state index >= 15 is 0 Å². The van der Waals surface area contributed by atoms with Crippen LogP contribution in [-0.2, 0) is 4.74 Å². The Morgan fingerprint density at radius 3 is 2.76 bits per heavy atom. The molecule has 0 aliphatic carbocycles. The number of hydrogen-bond donors (Lipinski definition) is 1. The molecular formula is C17H18N4O4. The van der Waals surface area contributed by atoms with E-state index in [1.165, 1.54) is 0 Å². The van der Waals surface area contributed by atoms with Gasteiger partial charge >= 0.3 is 0 Å². The molecule has 0 atom stereocenters. The average molecular weight is 342 g/mol. The van der Waals surface area contributed by atoms with E-state index in [0.717, 1.165) is 5.69 Å². The Morgan fingerprint density at radius 1 is 1.12 bits per heavy atom. The van der Waals surface area contributed by atoms with Crippen molar-refractivity contribution >= 4 is 17.4 Å². The molecule has 1 N–H and O–H groups in total. The summed E-state index contributed by atoms with van der Waals surface area (Å²) in [7, 11) is 0. The number of fused-ring (bicyclic) bond motifs is 1. The number of nitrogens with one attached hydrogen (secondary N) is 1. The maximum atomic E-state index is 12.6. The number of amides is 1. The molecule has 3 heterocycles. The van der Waals surface area contributed by atoms with Gasteiger partial charge in [-0.2, -0.15) is 0 Å². The van der Waals surface area contributed by atoms with Gasteiger partial charge in [0, 0.05) is 30.9 Å². The standard InChI is InChI=1S/C17H18N4O4/c1-11-18-13(17(22)21-4-6-23-7-5-21)9-16(19-11)20-12-2-3-14-15(8-12)25-10-24-14/h2-3,8-9H,4-7,10H2,1H3,(H,18,19,20). The van der Waals surface area contributed by atoms with Crippen LogP contribution in [0.25, 0.3) is 0 Å². The molecule has 2 aliphatic heterocycles. The number of benzene rings is 1. The van der Waals surface area contributed by atoms with E-state index in [2.05, 4.69) is 15.3 Å². The number of hydrogen-bond acceptors (Lipinski definition) is 7. The van der Waals surface area contributed by atoms with Crippen LogP contribution in [-0.4, -0.2) is 53.9 Å².